The Kier molecular flexibility index (Phi) is 4.14. The summed E-state index contributed by atoms with van der Waals surface area (Å²) in [5.41, 5.74) is 7.13. The lowest BCUT2D eigenvalue weighted by Gasteiger charge is -2.39. The number of fused-ring (bicyclic) bond motifs is 1. The second kappa shape index (κ2) is 6.48. The van der Waals surface area contributed by atoms with E-state index in [1.165, 1.54) is 17.5 Å². The Hall–Kier alpha value is -2.83. The second-order valence-corrected chi connectivity index (χ2v) is 6.97. The Bertz CT molecular complexity index is 831. The number of hydrogen-bond acceptors (Lipinski definition) is 6. The number of hydrogen-bond donors (Lipinski definition) is 2. The molecule has 1 aliphatic heterocycles. The Morgan fingerprint density at radius 2 is 1.92 bits per heavy atom. The largest absolute Gasteiger partial charge is 0.478 e. The molecule has 2 aromatic rings. The van der Waals surface area contributed by atoms with Crippen molar-refractivity contribution in [2.45, 2.75) is 37.7 Å². The molecule has 1 aliphatic carbocycles. The van der Waals surface area contributed by atoms with Gasteiger partial charge in [-0.2, -0.15) is 0 Å². The first-order chi connectivity index (χ1) is 12.6. The number of nitrogens with two attached hydrogens (primary N) is 1. The number of carbonyl (C=O) groups is 1. The van der Waals surface area contributed by atoms with Gasteiger partial charge in [0.05, 0.1) is 0 Å². The molecule has 0 radical (unpaired) electrons. The number of piperidine rings is 1. The van der Waals surface area contributed by atoms with Gasteiger partial charge in [0.25, 0.3) is 0 Å². The van der Waals surface area contributed by atoms with Gasteiger partial charge in [0.1, 0.15) is 23.7 Å². The van der Waals surface area contributed by atoms with Crippen LogP contribution in [0.4, 0.5) is 11.6 Å². The van der Waals surface area contributed by atoms with Gasteiger partial charge in [0.2, 0.25) is 5.60 Å². The van der Waals surface area contributed by atoms with Crippen molar-refractivity contribution < 1.29 is 14.6 Å². The van der Waals surface area contributed by atoms with Crippen molar-refractivity contribution >= 4 is 17.6 Å². The van der Waals surface area contributed by atoms with Crippen molar-refractivity contribution in [3.63, 3.8) is 0 Å². The van der Waals surface area contributed by atoms with Crippen molar-refractivity contribution in [2.24, 2.45) is 0 Å². The van der Waals surface area contributed by atoms with Crippen molar-refractivity contribution in [3.05, 3.63) is 41.7 Å². The number of anilines is 2. The molecule has 1 fully saturated rings. The van der Waals surface area contributed by atoms with Gasteiger partial charge in [-0.25, -0.2) is 14.8 Å². The summed E-state index contributed by atoms with van der Waals surface area (Å²) >= 11 is 0. The zero-order chi connectivity index (χ0) is 18.1. The summed E-state index contributed by atoms with van der Waals surface area (Å²) in [5, 5.41) is 9.86. The van der Waals surface area contributed by atoms with Gasteiger partial charge >= 0.3 is 5.97 Å². The molecule has 136 valence electrons. The van der Waals surface area contributed by atoms with Crippen LogP contribution in [-0.2, 0) is 17.6 Å². The highest BCUT2D eigenvalue weighted by Gasteiger charge is 2.44. The Morgan fingerprint density at radius 1 is 1.15 bits per heavy atom. The van der Waals surface area contributed by atoms with Crippen molar-refractivity contribution in [2.75, 3.05) is 23.7 Å². The van der Waals surface area contributed by atoms with Gasteiger partial charge in [0.15, 0.2) is 0 Å². The molecule has 2 heterocycles. The fourth-order valence-corrected chi connectivity index (χ4v) is 3.83. The molecule has 7 nitrogen and oxygen atoms in total. The Morgan fingerprint density at radius 3 is 2.65 bits per heavy atom. The molecular weight excluding hydrogens is 332 g/mol. The van der Waals surface area contributed by atoms with E-state index in [4.69, 9.17) is 10.5 Å². The SMILES string of the molecule is Nc1cc(N2CCC(Oc3ccc4c(c3)CCC4)(C(=O)O)CC2)ncn1. The number of benzene rings is 1. The van der Waals surface area contributed by atoms with E-state index in [0.29, 0.717) is 43.3 Å². The molecule has 4 rings (SSSR count). The van der Waals surface area contributed by atoms with Crippen molar-refractivity contribution in [1.82, 2.24) is 9.97 Å². The maximum absolute atomic E-state index is 12.0. The maximum atomic E-state index is 12.0. The number of carboxylic acid groups (broad SMARTS) is 1. The summed E-state index contributed by atoms with van der Waals surface area (Å²) in [6, 6.07) is 7.66. The minimum Gasteiger partial charge on any atom is -0.478 e. The highest BCUT2D eigenvalue weighted by Crippen LogP contribution is 2.33. The van der Waals surface area contributed by atoms with Crippen LogP contribution < -0.4 is 15.4 Å². The first-order valence-electron chi connectivity index (χ1n) is 8.92. The van der Waals surface area contributed by atoms with E-state index >= 15 is 0 Å². The van der Waals surface area contributed by atoms with Crippen molar-refractivity contribution in [3.8, 4) is 5.75 Å². The maximum Gasteiger partial charge on any atom is 0.348 e. The molecule has 3 N–H and O–H groups in total. The number of aryl methyl sites for hydroxylation is 2. The first-order valence-corrected chi connectivity index (χ1v) is 8.92. The fraction of sp³-hybridized carbons (Fsp3) is 0.421. The smallest absolute Gasteiger partial charge is 0.348 e. The lowest BCUT2D eigenvalue weighted by molar-refractivity contribution is -0.157. The summed E-state index contributed by atoms with van der Waals surface area (Å²) in [7, 11) is 0. The third-order valence-corrected chi connectivity index (χ3v) is 5.34. The number of aromatic nitrogens is 2. The van der Waals surface area contributed by atoms with E-state index in [0.717, 1.165) is 19.3 Å². The number of ether oxygens (including phenoxy) is 1. The standard InChI is InChI=1S/C19H22N4O3/c20-16-11-17(22-12-21-16)23-8-6-19(7-9-23,18(24)25)26-15-5-4-13-2-1-3-14(13)10-15/h4-5,10-12H,1-3,6-9H2,(H,24,25)(H2,20,21,22). The molecule has 7 heteroatoms. The summed E-state index contributed by atoms with van der Waals surface area (Å²) in [4.78, 5) is 22.2. The zero-order valence-electron chi connectivity index (χ0n) is 14.5. The zero-order valence-corrected chi connectivity index (χ0v) is 14.5. The van der Waals surface area contributed by atoms with E-state index in [1.54, 1.807) is 6.07 Å². The topological polar surface area (TPSA) is 102 Å². The third-order valence-electron chi connectivity index (χ3n) is 5.34. The van der Waals surface area contributed by atoms with Crippen LogP contribution in [0.1, 0.15) is 30.4 Å². The van der Waals surface area contributed by atoms with E-state index in [9.17, 15) is 9.90 Å². The Balaban J connectivity index is 1.51. The molecule has 1 aromatic heterocycles. The lowest BCUT2D eigenvalue weighted by atomic mass is 9.91. The van der Waals surface area contributed by atoms with Gasteiger partial charge in [0, 0.05) is 32.0 Å². The van der Waals surface area contributed by atoms with Crippen molar-refractivity contribution in [1.29, 1.82) is 0 Å². The van der Waals surface area contributed by atoms with Gasteiger partial charge in [-0.05, 0) is 42.5 Å². The summed E-state index contributed by atoms with van der Waals surface area (Å²) in [6.07, 6.45) is 5.46. The predicted octanol–water partition coefficient (Wildman–Crippen LogP) is 2.05. The van der Waals surface area contributed by atoms with Gasteiger partial charge in [-0.1, -0.05) is 6.07 Å². The molecule has 0 bridgehead atoms. The minimum absolute atomic E-state index is 0.378. The quantitative estimate of drug-likeness (QED) is 0.866. The number of rotatable bonds is 4. The van der Waals surface area contributed by atoms with Crippen LogP contribution in [0, 0.1) is 0 Å². The van der Waals surface area contributed by atoms with Crippen LogP contribution in [0.15, 0.2) is 30.6 Å². The summed E-state index contributed by atoms with van der Waals surface area (Å²) in [5.74, 6) is 0.848. The molecular formula is C19H22N4O3. The highest BCUT2D eigenvalue weighted by molar-refractivity contribution is 5.78. The predicted molar refractivity (Wildman–Crippen MR) is 97.4 cm³/mol. The van der Waals surface area contributed by atoms with Crippen LogP contribution >= 0.6 is 0 Å². The lowest BCUT2D eigenvalue weighted by Crippen LogP contribution is -2.53. The van der Waals surface area contributed by atoms with E-state index < -0.39 is 11.6 Å². The third kappa shape index (κ3) is 3.05. The summed E-state index contributed by atoms with van der Waals surface area (Å²) < 4.78 is 6.05. The number of aliphatic carboxylic acids is 1. The fourth-order valence-electron chi connectivity index (χ4n) is 3.83. The molecule has 0 unspecified atom stereocenters. The molecule has 0 spiro atoms. The second-order valence-electron chi connectivity index (χ2n) is 6.97. The molecule has 0 amide bonds. The average Bonchev–Trinajstić information content (AvgIpc) is 3.10. The van der Waals surface area contributed by atoms with E-state index in [-0.39, 0.29) is 0 Å². The Labute approximate surface area is 151 Å². The number of nitrogens with zero attached hydrogens (tertiary/aromatic N) is 3. The number of carboxylic acids is 1. The van der Waals surface area contributed by atoms with Gasteiger partial charge in [-0.3, -0.25) is 0 Å². The van der Waals surface area contributed by atoms with Gasteiger partial charge in [-0.15, -0.1) is 0 Å². The van der Waals surface area contributed by atoms with Crippen LogP contribution in [0.25, 0.3) is 0 Å². The van der Waals surface area contributed by atoms with Crippen LogP contribution in [0.3, 0.4) is 0 Å². The molecule has 1 saturated heterocycles. The molecule has 26 heavy (non-hydrogen) atoms. The molecule has 0 atom stereocenters. The minimum atomic E-state index is -1.21. The number of nitrogen functional groups attached to an aromatic ring is 1. The van der Waals surface area contributed by atoms with Gasteiger partial charge < -0.3 is 20.5 Å². The normalized spacial score (nSPS) is 18.4. The van der Waals surface area contributed by atoms with Crippen LogP contribution in [-0.4, -0.2) is 39.7 Å². The van der Waals surface area contributed by atoms with E-state index in [1.807, 2.05) is 17.0 Å². The highest BCUT2D eigenvalue weighted by atomic mass is 16.5. The monoisotopic (exact) mass is 354 g/mol. The molecule has 0 saturated carbocycles. The van der Waals surface area contributed by atoms with E-state index in [2.05, 4.69) is 16.0 Å². The van der Waals surface area contributed by atoms with Crippen LogP contribution in [0.5, 0.6) is 5.75 Å². The summed E-state index contributed by atoms with van der Waals surface area (Å²) in [6.45, 7) is 1.07. The molecule has 1 aromatic carbocycles. The first kappa shape index (κ1) is 16.6. The molecule has 2 aliphatic rings. The van der Waals surface area contributed by atoms with Crippen LogP contribution in [0.2, 0.25) is 0 Å². The average molecular weight is 354 g/mol.